The largest absolute Gasteiger partial charge is 0.369 e. The van der Waals surface area contributed by atoms with E-state index in [0.29, 0.717) is 0 Å². The van der Waals surface area contributed by atoms with Crippen molar-refractivity contribution in [3.8, 4) is 0 Å². The van der Waals surface area contributed by atoms with Gasteiger partial charge in [-0.15, -0.1) is 5.10 Å². The molecule has 0 aliphatic carbocycles. The van der Waals surface area contributed by atoms with Gasteiger partial charge in [-0.05, 0) is 19.9 Å². The van der Waals surface area contributed by atoms with Crippen LogP contribution in [0, 0.1) is 13.8 Å². The van der Waals surface area contributed by atoms with Crippen molar-refractivity contribution in [3.63, 3.8) is 0 Å². The first-order valence-electron chi connectivity index (χ1n) is 4.27. The van der Waals surface area contributed by atoms with Gasteiger partial charge in [0.25, 0.3) is 0 Å². The lowest BCUT2D eigenvalue weighted by molar-refractivity contribution is 0.843. The van der Waals surface area contributed by atoms with Gasteiger partial charge in [0.2, 0.25) is 5.96 Å². The maximum absolute atomic E-state index is 5.14. The first-order valence-corrected chi connectivity index (χ1v) is 4.27. The summed E-state index contributed by atoms with van der Waals surface area (Å²) < 4.78 is 2.08. The second kappa shape index (κ2) is 3.95. The molecular formula is C9H15N5. The highest BCUT2D eigenvalue weighted by Gasteiger charge is 2.02. The normalized spacial score (nSPS) is 10.8. The molecular weight excluding hydrogens is 178 g/mol. The van der Waals surface area contributed by atoms with Crippen molar-refractivity contribution in [2.75, 3.05) is 0 Å². The summed E-state index contributed by atoms with van der Waals surface area (Å²) in [5, 5.41) is 7.29. The Balaban J connectivity index is 2.93. The molecule has 0 aromatic carbocycles. The first-order chi connectivity index (χ1) is 6.52. The molecule has 0 amide bonds. The Hall–Kier alpha value is -1.78. The van der Waals surface area contributed by atoms with Gasteiger partial charge in [0.05, 0.1) is 6.21 Å². The van der Waals surface area contributed by atoms with Crippen molar-refractivity contribution in [2.24, 2.45) is 28.7 Å². The summed E-state index contributed by atoms with van der Waals surface area (Å²) in [6.45, 7) is 4.05. The van der Waals surface area contributed by atoms with Crippen molar-refractivity contribution in [1.29, 1.82) is 0 Å². The number of hydrogen-bond acceptors (Lipinski definition) is 2. The first kappa shape index (κ1) is 10.3. The maximum atomic E-state index is 5.14. The summed E-state index contributed by atoms with van der Waals surface area (Å²) in [6.07, 6.45) is 1.64. The molecule has 5 nitrogen and oxygen atoms in total. The molecule has 1 rings (SSSR count). The number of nitrogens with zero attached hydrogens (tertiary/aromatic N) is 3. The molecule has 0 aliphatic heterocycles. The average molecular weight is 193 g/mol. The molecule has 0 radical (unpaired) electrons. The lowest BCUT2D eigenvalue weighted by atomic mass is 10.3. The summed E-state index contributed by atoms with van der Waals surface area (Å²) in [7, 11) is 2.00. The fourth-order valence-corrected chi connectivity index (χ4v) is 1.17. The highest BCUT2D eigenvalue weighted by Crippen LogP contribution is 2.10. The molecule has 0 aliphatic rings. The third-order valence-corrected chi connectivity index (χ3v) is 2.18. The molecule has 1 heterocycles. The van der Waals surface area contributed by atoms with Crippen LogP contribution in [0.4, 0.5) is 0 Å². The molecule has 0 bridgehead atoms. The Labute approximate surface area is 83.1 Å². The standard InChI is InChI=1S/C9H15N5/c1-6-4-8(7(2)14(6)3)5-12-13-9(10)11/h4-5H,1-3H3,(H4,10,11,13). The number of guanidine groups is 1. The predicted octanol–water partition coefficient (Wildman–Crippen LogP) is 0.249. The molecule has 0 saturated carbocycles. The monoisotopic (exact) mass is 193 g/mol. The van der Waals surface area contributed by atoms with E-state index in [2.05, 4.69) is 14.8 Å². The minimum atomic E-state index is -0.0356. The van der Waals surface area contributed by atoms with Gasteiger partial charge >= 0.3 is 0 Å². The highest BCUT2D eigenvalue weighted by molar-refractivity contribution is 5.83. The molecule has 0 fully saturated rings. The van der Waals surface area contributed by atoms with Gasteiger partial charge in [-0.25, -0.2) is 0 Å². The molecule has 14 heavy (non-hydrogen) atoms. The fraction of sp³-hybridized carbons (Fsp3) is 0.333. The van der Waals surface area contributed by atoms with Crippen LogP contribution in [0.2, 0.25) is 0 Å². The van der Waals surface area contributed by atoms with E-state index in [0.717, 1.165) is 11.3 Å². The molecule has 0 unspecified atom stereocenters. The van der Waals surface area contributed by atoms with Crippen LogP contribution in [0.15, 0.2) is 16.3 Å². The fourth-order valence-electron chi connectivity index (χ4n) is 1.17. The van der Waals surface area contributed by atoms with Crippen molar-refractivity contribution in [2.45, 2.75) is 13.8 Å². The van der Waals surface area contributed by atoms with Gasteiger partial charge in [0.1, 0.15) is 0 Å². The topological polar surface area (TPSA) is 81.7 Å². The third kappa shape index (κ3) is 2.12. The molecule has 0 saturated heterocycles. The van der Waals surface area contributed by atoms with E-state index in [1.807, 2.05) is 27.0 Å². The number of rotatable bonds is 2. The zero-order chi connectivity index (χ0) is 10.7. The minimum absolute atomic E-state index is 0.0356. The smallest absolute Gasteiger partial charge is 0.211 e. The summed E-state index contributed by atoms with van der Waals surface area (Å²) in [5.41, 5.74) is 13.6. The predicted molar refractivity (Wildman–Crippen MR) is 58.3 cm³/mol. The van der Waals surface area contributed by atoms with Crippen molar-refractivity contribution < 1.29 is 0 Å². The van der Waals surface area contributed by atoms with Gasteiger partial charge in [-0.3, -0.25) is 0 Å². The van der Waals surface area contributed by atoms with Crippen LogP contribution in [0.5, 0.6) is 0 Å². The Kier molecular flexibility index (Phi) is 2.91. The summed E-state index contributed by atoms with van der Waals surface area (Å²) in [4.78, 5) is 0. The molecule has 5 heteroatoms. The van der Waals surface area contributed by atoms with Crippen LogP contribution >= 0.6 is 0 Å². The summed E-state index contributed by atoms with van der Waals surface area (Å²) in [6, 6.07) is 2.03. The van der Waals surface area contributed by atoms with E-state index in [1.165, 1.54) is 5.69 Å². The summed E-state index contributed by atoms with van der Waals surface area (Å²) in [5.74, 6) is -0.0356. The second-order valence-corrected chi connectivity index (χ2v) is 3.15. The van der Waals surface area contributed by atoms with Gasteiger partial charge < -0.3 is 16.0 Å². The number of aromatic nitrogens is 1. The van der Waals surface area contributed by atoms with Crippen molar-refractivity contribution in [3.05, 3.63) is 23.0 Å². The minimum Gasteiger partial charge on any atom is -0.369 e. The number of hydrogen-bond donors (Lipinski definition) is 2. The van der Waals surface area contributed by atoms with Crippen LogP contribution in [0.3, 0.4) is 0 Å². The number of aryl methyl sites for hydroxylation is 1. The molecule has 1 aromatic rings. The van der Waals surface area contributed by atoms with Crippen LogP contribution < -0.4 is 11.5 Å². The maximum Gasteiger partial charge on any atom is 0.211 e. The zero-order valence-electron chi connectivity index (χ0n) is 8.65. The summed E-state index contributed by atoms with van der Waals surface area (Å²) >= 11 is 0. The molecule has 0 atom stereocenters. The Bertz CT molecular complexity index is 382. The van der Waals surface area contributed by atoms with Crippen LogP contribution in [0.25, 0.3) is 0 Å². The molecule has 4 N–H and O–H groups in total. The third-order valence-electron chi connectivity index (χ3n) is 2.18. The second-order valence-electron chi connectivity index (χ2n) is 3.15. The lowest BCUT2D eigenvalue weighted by Gasteiger charge is -1.98. The van der Waals surface area contributed by atoms with Gasteiger partial charge in [0.15, 0.2) is 0 Å². The SMILES string of the molecule is Cc1cc(C=NN=C(N)N)c(C)n1C. The van der Waals surface area contributed by atoms with E-state index < -0.39 is 0 Å². The Morgan fingerprint density at radius 2 is 2.07 bits per heavy atom. The quantitative estimate of drug-likeness (QED) is 0.401. The Morgan fingerprint density at radius 3 is 2.50 bits per heavy atom. The molecule has 1 aromatic heterocycles. The lowest BCUT2D eigenvalue weighted by Crippen LogP contribution is -2.21. The van der Waals surface area contributed by atoms with E-state index in [9.17, 15) is 0 Å². The highest BCUT2D eigenvalue weighted by atomic mass is 15.3. The van der Waals surface area contributed by atoms with Crippen LogP contribution in [0.1, 0.15) is 17.0 Å². The number of nitrogens with two attached hydrogens (primary N) is 2. The molecule has 0 spiro atoms. The average Bonchev–Trinajstić information content (AvgIpc) is 2.33. The van der Waals surface area contributed by atoms with Crippen LogP contribution in [-0.4, -0.2) is 16.7 Å². The van der Waals surface area contributed by atoms with Gasteiger partial charge in [0, 0.05) is 24.0 Å². The van der Waals surface area contributed by atoms with Gasteiger partial charge in [-0.1, -0.05) is 0 Å². The van der Waals surface area contributed by atoms with Crippen molar-refractivity contribution in [1.82, 2.24) is 4.57 Å². The molecule has 76 valence electrons. The van der Waals surface area contributed by atoms with Crippen LogP contribution in [-0.2, 0) is 7.05 Å². The van der Waals surface area contributed by atoms with E-state index in [-0.39, 0.29) is 5.96 Å². The van der Waals surface area contributed by atoms with E-state index in [1.54, 1.807) is 6.21 Å². The van der Waals surface area contributed by atoms with E-state index >= 15 is 0 Å². The van der Waals surface area contributed by atoms with E-state index in [4.69, 9.17) is 11.5 Å². The zero-order valence-corrected chi connectivity index (χ0v) is 8.65. The Morgan fingerprint density at radius 1 is 1.43 bits per heavy atom. The van der Waals surface area contributed by atoms with Crippen molar-refractivity contribution >= 4 is 12.2 Å². The van der Waals surface area contributed by atoms with Gasteiger partial charge in [-0.2, -0.15) is 5.10 Å².